The lowest BCUT2D eigenvalue weighted by atomic mass is 10.0. The molecule has 2 heterocycles. The van der Waals surface area contributed by atoms with Gasteiger partial charge in [0.1, 0.15) is 11.9 Å². The van der Waals surface area contributed by atoms with Gasteiger partial charge in [0.15, 0.2) is 11.1 Å². The van der Waals surface area contributed by atoms with E-state index >= 15 is 0 Å². The van der Waals surface area contributed by atoms with Crippen molar-refractivity contribution in [2.24, 2.45) is 0 Å². The highest BCUT2D eigenvalue weighted by Crippen LogP contribution is 2.64. The predicted molar refractivity (Wildman–Crippen MR) is 131 cm³/mol. The lowest BCUT2D eigenvalue weighted by Crippen LogP contribution is -2.28. The molecule has 0 radical (unpaired) electrons. The molecule has 0 aromatic heterocycles. The number of benzene rings is 4. The van der Waals surface area contributed by atoms with Crippen molar-refractivity contribution in [1.29, 1.82) is 0 Å². The fraction of sp³-hybridized carbons (Fsp3) is 0.0769. The van der Waals surface area contributed by atoms with Gasteiger partial charge in [-0.25, -0.2) is 4.89 Å². The molecule has 6 heteroatoms. The van der Waals surface area contributed by atoms with Crippen LogP contribution in [0, 0.1) is 0 Å². The third-order valence-corrected chi connectivity index (χ3v) is 11.4. The zero-order valence-electron chi connectivity index (χ0n) is 17.2. The summed E-state index contributed by atoms with van der Waals surface area (Å²) >= 11 is 0. The van der Waals surface area contributed by atoms with Crippen LogP contribution >= 0.6 is 15.1 Å². The fourth-order valence-electron chi connectivity index (χ4n) is 4.56. The number of hydrogen-bond acceptors (Lipinski definition) is 4. The summed E-state index contributed by atoms with van der Waals surface area (Å²) < 4.78 is 26.6. The first-order valence-corrected chi connectivity index (χ1v) is 14.2. The van der Waals surface area contributed by atoms with Gasteiger partial charge in [0.2, 0.25) is 0 Å². The topological polar surface area (TPSA) is 55.8 Å². The minimum atomic E-state index is -3.25. The first kappa shape index (κ1) is 19.8. The van der Waals surface area contributed by atoms with Crippen LogP contribution in [0.15, 0.2) is 97.1 Å². The highest BCUT2D eigenvalue weighted by Gasteiger charge is 2.51. The van der Waals surface area contributed by atoms with Crippen LogP contribution in [0.2, 0.25) is 0 Å². The van der Waals surface area contributed by atoms with Crippen LogP contribution in [0.1, 0.15) is 0 Å². The average molecular weight is 459 g/mol. The Morgan fingerprint density at radius 3 is 2.03 bits per heavy atom. The molecule has 0 amide bonds. The molecule has 0 saturated heterocycles. The molecule has 0 bridgehead atoms. The Balaban J connectivity index is 1.39. The first-order chi connectivity index (χ1) is 15.6. The molecule has 4 aromatic carbocycles. The Bertz CT molecular complexity index is 1400. The van der Waals surface area contributed by atoms with Gasteiger partial charge in [0.25, 0.3) is 7.37 Å². The van der Waals surface area contributed by atoms with E-state index in [1.165, 1.54) is 0 Å². The van der Waals surface area contributed by atoms with Gasteiger partial charge in [-0.05, 0) is 29.8 Å². The van der Waals surface area contributed by atoms with Gasteiger partial charge in [-0.15, -0.1) is 0 Å². The second-order valence-corrected chi connectivity index (χ2v) is 13.0. The highest BCUT2D eigenvalue weighted by atomic mass is 31.2. The number of para-hydroxylation sites is 2. The third kappa shape index (κ3) is 3.03. The van der Waals surface area contributed by atoms with Gasteiger partial charge in [0, 0.05) is 16.7 Å². The summed E-state index contributed by atoms with van der Waals surface area (Å²) in [6.07, 6.45) is 0.436. The monoisotopic (exact) mass is 459 g/mol. The Morgan fingerprint density at radius 2 is 1.25 bits per heavy atom. The van der Waals surface area contributed by atoms with Crippen LogP contribution in [0.3, 0.4) is 0 Å². The third-order valence-electron chi connectivity index (χ3n) is 6.10. The van der Waals surface area contributed by atoms with E-state index in [2.05, 4.69) is 0 Å². The molecule has 2 unspecified atom stereocenters. The summed E-state index contributed by atoms with van der Waals surface area (Å²) in [5.41, 5.74) is 3.81. The molecule has 32 heavy (non-hydrogen) atoms. The van der Waals surface area contributed by atoms with Crippen LogP contribution in [0.25, 0.3) is 22.3 Å². The zero-order chi connectivity index (χ0) is 21.8. The van der Waals surface area contributed by atoms with E-state index < -0.39 is 15.1 Å². The average Bonchev–Trinajstić information content (AvgIpc) is 2.84. The molecular weight excluding hydrogens is 438 g/mol. The Morgan fingerprint density at radius 1 is 0.688 bits per heavy atom. The SMILES string of the molecule is O=P1(CC[P+]2(O)Oc3ccccc3-c3ccccc32)Oc2ccccc2-c2ccccc21. The van der Waals surface area contributed by atoms with Crippen LogP contribution in [0.4, 0.5) is 0 Å². The van der Waals surface area contributed by atoms with E-state index in [-0.39, 0.29) is 12.3 Å². The Hall–Kier alpha value is -2.90. The van der Waals surface area contributed by atoms with Crippen molar-refractivity contribution in [3.05, 3.63) is 97.1 Å². The maximum Gasteiger partial charge on any atom is 0.350 e. The van der Waals surface area contributed by atoms with Gasteiger partial charge < -0.3 is 9.05 Å². The predicted octanol–water partition coefficient (Wildman–Crippen LogP) is 5.87. The summed E-state index contributed by atoms with van der Waals surface area (Å²) in [4.78, 5) is 11.8. The summed E-state index contributed by atoms with van der Waals surface area (Å²) in [5, 5.41) is 1.49. The molecule has 2 aliphatic rings. The van der Waals surface area contributed by atoms with Gasteiger partial charge in [-0.1, -0.05) is 72.8 Å². The molecular formula is C26H21O4P2+. The molecule has 0 saturated carbocycles. The van der Waals surface area contributed by atoms with E-state index in [1.807, 2.05) is 97.1 Å². The highest BCUT2D eigenvalue weighted by molar-refractivity contribution is 7.75. The lowest BCUT2D eigenvalue weighted by Gasteiger charge is -2.31. The van der Waals surface area contributed by atoms with Crippen LogP contribution in [0.5, 0.6) is 11.5 Å². The van der Waals surface area contributed by atoms with Crippen molar-refractivity contribution in [2.75, 3.05) is 12.3 Å². The normalized spacial score (nSPS) is 22.4. The number of hydrogen-bond donors (Lipinski definition) is 1. The smallest absolute Gasteiger partial charge is 0.350 e. The summed E-state index contributed by atoms with van der Waals surface area (Å²) in [6, 6.07) is 30.9. The molecule has 0 spiro atoms. The van der Waals surface area contributed by atoms with E-state index in [4.69, 9.17) is 9.05 Å². The van der Waals surface area contributed by atoms with Gasteiger partial charge >= 0.3 is 7.72 Å². The summed E-state index contributed by atoms with van der Waals surface area (Å²) in [6.45, 7) is 0. The van der Waals surface area contributed by atoms with Crippen molar-refractivity contribution in [3.8, 4) is 33.8 Å². The Labute approximate surface area is 187 Å². The van der Waals surface area contributed by atoms with Crippen LogP contribution in [-0.4, -0.2) is 17.2 Å². The largest absolute Gasteiger partial charge is 0.439 e. The van der Waals surface area contributed by atoms with E-state index in [0.717, 1.165) is 27.6 Å². The second kappa shape index (κ2) is 7.32. The maximum atomic E-state index is 14.2. The minimum Gasteiger partial charge on any atom is -0.439 e. The van der Waals surface area contributed by atoms with E-state index in [1.54, 1.807) is 0 Å². The van der Waals surface area contributed by atoms with Crippen molar-refractivity contribution < 1.29 is 18.5 Å². The molecule has 0 aliphatic carbocycles. The van der Waals surface area contributed by atoms with Crippen molar-refractivity contribution in [3.63, 3.8) is 0 Å². The van der Waals surface area contributed by atoms with Crippen LogP contribution in [-0.2, 0) is 4.57 Å². The molecule has 1 N–H and O–H groups in total. The minimum absolute atomic E-state index is 0.194. The van der Waals surface area contributed by atoms with Crippen molar-refractivity contribution in [1.82, 2.24) is 0 Å². The van der Waals surface area contributed by atoms with Crippen LogP contribution < -0.4 is 19.7 Å². The van der Waals surface area contributed by atoms with Crippen molar-refractivity contribution >= 4 is 25.7 Å². The molecule has 2 aliphatic heterocycles. The van der Waals surface area contributed by atoms with Crippen molar-refractivity contribution in [2.45, 2.75) is 0 Å². The number of fused-ring (bicyclic) bond motifs is 6. The summed E-state index contributed by atoms with van der Waals surface area (Å²) in [7, 11) is -6.30. The zero-order valence-corrected chi connectivity index (χ0v) is 19.0. The van der Waals surface area contributed by atoms with Gasteiger partial charge in [-0.2, -0.15) is 0 Å². The molecule has 158 valence electrons. The number of rotatable bonds is 3. The molecule has 2 atom stereocenters. The summed E-state index contributed by atoms with van der Waals surface area (Å²) in [5.74, 6) is 1.28. The quantitative estimate of drug-likeness (QED) is 0.389. The molecule has 6 rings (SSSR count). The second-order valence-electron chi connectivity index (χ2n) is 8.03. The molecule has 4 nitrogen and oxygen atoms in total. The molecule has 4 aromatic rings. The molecule has 0 fully saturated rings. The fourth-order valence-corrected chi connectivity index (χ4v) is 10.3. The standard InChI is InChI=1S/C26H21O4P2/c27-31(25-15-7-3-11-21(25)19-9-1-5-13-23(19)29-31)17-18-32(28)26-16-8-4-12-22(26)20-10-2-6-14-24(20)30-32/h1-16,27H,17-18H2/q+1. The maximum absolute atomic E-state index is 14.2. The lowest BCUT2D eigenvalue weighted by molar-refractivity contribution is 0.464. The Kier molecular flexibility index (Phi) is 4.52. The van der Waals surface area contributed by atoms with Gasteiger partial charge in [-0.3, -0.25) is 4.57 Å². The van der Waals surface area contributed by atoms with E-state index in [0.29, 0.717) is 16.8 Å². The van der Waals surface area contributed by atoms with E-state index in [9.17, 15) is 9.46 Å². The van der Waals surface area contributed by atoms with Gasteiger partial charge in [0.05, 0.1) is 11.5 Å². The first-order valence-electron chi connectivity index (χ1n) is 10.5.